The largest absolute Gasteiger partial charge is 0.317 e. The van der Waals surface area contributed by atoms with Gasteiger partial charge in [0.1, 0.15) is 6.33 Å². The number of pyridine rings is 1. The summed E-state index contributed by atoms with van der Waals surface area (Å²) in [7, 11) is 0. The van der Waals surface area contributed by atoms with E-state index in [1.165, 1.54) is 12.5 Å². The van der Waals surface area contributed by atoms with Crippen molar-refractivity contribution in [2.24, 2.45) is 0 Å². The molecule has 0 unspecified atom stereocenters. The van der Waals surface area contributed by atoms with Crippen LogP contribution >= 0.6 is 27.5 Å². The van der Waals surface area contributed by atoms with E-state index >= 15 is 0 Å². The number of carbonyl (C=O) groups is 1. The predicted molar refractivity (Wildman–Crippen MR) is 61.3 cm³/mol. The molecule has 1 amide bonds. The van der Waals surface area contributed by atoms with Gasteiger partial charge in [-0.05, 0) is 22.0 Å². The molecule has 2 heterocycles. The topological polar surface area (TPSA) is 83.6 Å². The highest BCUT2D eigenvalue weighted by Crippen LogP contribution is 2.23. The number of nitrogens with zero attached hydrogens (tertiary/aromatic N) is 3. The zero-order chi connectivity index (χ0) is 11.5. The van der Waals surface area contributed by atoms with E-state index in [1.54, 1.807) is 6.07 Å². The average molecular weight is 303 g/mol. The summed E-state index contributed by atoms with van der Waals surface area (Å²) in [5.74, 6) is -0.324. The van der Waals surface area contributed by atoms with E-state index in [-0.39, 0.29) is 11.0 Å². The number of hydrogen-bond acceptors (Lipinski definition) is 4. The van der Waals surface area contributed by atoms with Crippen LogP contribution in [0.5, 0.6) is 0 Å². The highest BCUT2D eigenvalue weighted by Gasteiger charge is 2.11. The van der Waals surface area contributed by atoms with Crippen molar-refractivity contribution >= 4 is 39.1 Å². The molecule has 6 nitrogen and oxygen atoms in total. The van der Waals surface area contributed by atoms with Gasteiger partial charge in [-0.2, -0.15) is 5.10 Å². The number of aromatic amines is 1. The average Bonchev–Trinajstić information content (AvgIpc) is 2.76. The van der Waals surface area contributed by atoms with Crippen molar-refractivity contribution in [2.75, 3.05) is 5.32 Å². The first kappa shape index (κ1) is 11.0. The molecule has 16 heavy (non-hydrogen) atoms. The summed E-state index contributed by atoms with van der Waals surface area (Å²) in [6.07, 6.45) is 2.78. The fourth-order valence-electron chi connectivity index (χ4n) is 1.01. The minimum absolute atomic E-state index is 0.107. The molecule has 0 atom stereocenters. The van der Waals surface area contributed by atoms with Gasteiger partial charge in [0.2, 0.25) is 5.82 Å². The third-order valence-electron chi connectivity index (χ3n) is 1.68. The molecular weight excluding hydrogens is 297 g/mol. The Morgan fingerprint density at radius 2 is 2.31 bits per heavy atom. The monoisotopic (exact) mass is 301 g/mol. The SMILES string of the molecule is O=C(Nc1cc(Br)cnc1Cl)c1ncn[nH]1. The van der Waals surface area contributed by atoms with E-state index in [0.717, 1.165) is 0 Å². The Hall–Kier alpha value is -1.47. The minimum atomic E-state index is -0.431. The molecule has 0 radical (unpaired) electrons. The fraction of sp³-hybridized carbons (Fsp3) is 0. The number of H-pyrrole nitrogens is 1. The number of halogens is 2. The van der Waals surface area contributed by atoms with Crippen LogP contribution in [0.1, 0.15) is 10.6 Å². The summed E-state index contributed by atoms with van der Waals surface area (Å²) in [6, 6.07) is 1.64. The van der Waals surface area contributed by atoms with Gasteiger partial charge >= 0.3 is 0 Å². The minimum Gasteiger partial charge on any atom is -0.317 e. The Labute approximate surface area is 104 Å². The van der Waals surface area contributed by atoms with Gasteiger partial charge in [-0.25, -0.2) is 9.97 Å². The summed E-state index contributed by atoms with van der Waals surface area (Å²) in [5, 5.41) is 8.77. The van der Waals surface area contributed by atoms with Crippen molar-refractivity contribution in [3.63, 3.8) is 0 Å². The third kappa shape index (κ3) is 2.37. The second-order valence-electron chi connectivity index (χ2n) is 2.78. The molecular formula is C8H5BrClN5O. The van der Waals surface area contributed by atoms with Crippen molar-refractivity contribution in [3.05, 3.63) is 34.0 Å². The molecule has 0 bridgehead atoms. The Kier molecular flexibility index (Phi) is 3.16. The number of aromatic nitrogens is 4. The van der Waals surface area contributed by atoms with Crippen molar-refractivity contribution in [3.8, 4) is 0 Å². The van der Waals surface area contributed by atoms with E-state index in [1.807, 2.05) is 0 Å². The van der Waals surface area contributed by atoms with Crippen molar-refractivity contribution in [1.29, 1.82) is 0 Å². The number of amides is 1. The molecule has 0 saturated heterocycles. The third-order valence-corrected chi connectivity index (χ3v) is 2.42. The van der Waals surface area contributed by atoms with Gasteiger partial charge < -0.3 is 5.32 Å². The van der Waals surface area contributed by atoms with Gasteiger partial charge in [-0.3, -0.25) is 9.89 Å². The quantitative estimate of drug-likeness (QED) is 0.830. The van der Waals surface area contributed by atoms with Crippen molar-refractivity contribution in [1.82, 2.24) is 20.2 Å². The van der Waals surface area contributed by atoms with Crippen LogP contribution in [0.4, 0.5) is 5.69 Å². The highest BCUT2D eigenvalue weighted by molar-refractivity contribution is 9.10. The first-order valence-electron chi connectivity index (χ1n) is 4.14. The molecule has 2 rings (SSSR count). The first-order valence-corrected chi connectivity index (χ1v) is 5.31. The summed E-state index contributed by atoms with van der Waals surface area (Å²) in [5.41, 5.74) is 0.400. The smallest absolute Gasteiger partial charge is 0.293 e. The molecule has 0 aliphatic rings. The van der Waals surface area contributed by atoms with Crippen LogP contribution in [0.15, 0.2) is 23.1 Å². The Morgan fingerprint density at radius 3 is 3.00 bits per heavy atom. The zero-order valence-corrected chi connectivity index (χ0v) is 10.1. The molecule has 0 aliphatic carbocycles. The van der Waals surface area contributed by atoms with Gasteiger partial charge in [0.25, 0.3) is 5.91 Å². The van der Waals surface area contributed by atoms with Crippen molar-refractivity contribution < 1.29 is 4.79 Å². The highest BCUT2D eigenvalue weighted by atomic mass is 79.9. The van der Waals surface area contributed by atoms with Crippen molar-refractivity contribution in [2.45, 2.75) is 0 Å². The molecule has 0 fully saturated rings. The number of nitrogens with one attached hydrogen (secondary N) is 2. The van der Waals surface area contributed by atoms with E-state index in [2.05, 4.69) is 41.4 Å². The second kappa shape index (κ2) is 4.58. The lowest BCUT2D eigenvalue weighted by atomic mass is 10.4. The van der Waals surface area contributed by atoms with Crippen LogP contribution < -0.4 is 5.32 Å². The van der Waals surface area contributed by atoms with Gasteiger partial charge in [-0.15, -0.1) is 0 Å². The van der Waals surface area contributed by atoms with E-state index in [0.29, 0.717) is 10.2 Å². The van der Waals surface area contributed by atoms with Crippen LogP contribution in [-0.2, 0) is 0 Å². The van der Waals surface area contributed by atoms with Gasteiger partial charge in [0.05, 0.1) is 5.69 Å². The summed E-state index contributed by atoms with van der Waals surface area (Å²) in [6.45, 7) is 0. The van der Waals surface area contributed by atoms with Crippen LogP contribution in [0.25, 0.3) is 0 Å². The van der Waals surface area contributed by atoms with Crippen LogP contribution in [0, 0.1) is 0 Å². The van der Waals surface area contributed by atoms with E-state index in [4.69, 9.17) is 11.6 Å². The Morgan fingerprint density at radius 1 is 1.50 bits per heavy atom. The van der Waals surface area contributed by atoms with Gasteiger partial charge in [-0.1, -0.05) is 11.6 Å². The molecule has 2 aromatic rings. The first-order chi connectivity index (χ1) is 7.66. The van der Waals surface area contributed by atoms with E-state index in [9.17, 15) is 4.79 Å². The molecule has 0 spiro atoms. The maximum Gasteiger partial charge on any atom is 0.293 e. The van der Waals surface area contributed by atoms with E-state index < -0.39 is 5.91 Å². The molecule has 82 valence electrons. The van der Waals surface area contributed by atoms with Gasteiger partial charge in [0.15, 0.2) is 5.15 Å². The van der Waals surface area contributed by atoms with Gasteiger partial charge in [0, 0.05) is 10.7 Å². The summed E-state index contributed by atoms with van der Waals surface area (Å²) < 4.78 is 0.713. The lowest BCUT2D eigenvalue weighted by Crippen LogP contribution is -2.14. The Balaban J connectivity index is 2.21. The number of rotatable bonds is 2. The van der Waals surface area contributed by atoms with Crippen LogP contribution in [0.2, 0.25) is 5.15 Å². The molecule has 0 aliphatic heterocycles. The number of anilines is 1. The standard InChI is InChI=1S/C8H5BrClN5O/c9-4-1-5(6(10)11-2-4)14-8(16)7-12-3-13-15-7/h1-3H,(H,14,16)(H,12,13,15). The maximum atomic E-state index is 11.6. The normalized spacial score (nSPS) is 10.1. The Bertz CT molecular complexity index is 515. The fourth-order valence-corrected chi connectivity index (χ4v) is 1.49. The molecule has 0 saturated carbocycles. The van der Waals surface area contributed by atoms with Crippen LogP contribution in [0.3, 0.4) is 0 Å². The summed E-state index contributed by atoms with van der Waals surface area (Å²) >= 11 is 9.04. The maximum absolute atomic E-state index is 11.6. The molecule has 8 heteroatoms. The lowest BCUT2D eigenvalue weighted by Gasteiger charge is -2.04. The van der Waals surface area contributed by atoms with Crippen LogP contribution in [-0.4, -0.2) is 26.1 Å². The number of hydrogen-bond donors (Lipinski definition) is 2. The zero-order valence-electron chi connectivity index (χ0n) is 7.74. The lowest BCUT2D eigenvalue weighted by molar-refractivity contribution is 0.101. The molecule has 2 N–H and O–H groups in total. The number of carbonyl (C=O) groups excluding carboxylic acids is 1. The molecule has 2 aromatic heterocycles. The molecule has 0 aromatic carbocycles. The summed E-state index contributed by atoms with van der Waals surface area (Å²) in [4.78, 5) is 19.2. The predicted octanol–water partition coefficient (Wildman–Crippen LogP) is 1.87. The second-order valence-corrected chi connectivity index (χ2v) is 4.05.